The number of ether oxygens (including phenoxy) is 1. The summed E-state index contributed by atoms with van der Waals surface area (Å²) in [5.41, 5.74) is 1.80. The van der Waals surface area contributed by atoms with Crippen molar-refractivity contribution >= 4 is 11.7 Å². The molecule has 0 amide bonds. The van der Waals surface area contributed by atoms with Crippen LogP contribution in [0.1, 0.15) is 37.0 Å². The van der Waals surface area contributed by atoms with E-state index in [0.29, 0.717) is 17.6 Å². The Morgan fingerprint density at radius 1 is 1.18 bits per heavy atom. The second-order valence-electron chi connectivity index (χ2n) is 4.72. The largest absolute Gasteiger partial charge is 0.465 e. The molecule has 17 heavy (non-hydrogen) atoms. The summed E-state index contributed by atoms with van der Waals surface area (Å²) in [6.45, 7) is 4.50. The van der Waals surface area contributed by atoms with Crippen LogP contribution in [0.15, 0.2) is 24.3 Å². The van der Waals surface area contributed by atoms with Crippen molar-refractivity contribution in [3.05, 3.63) is 29.8 Å². The lowest BCUT2D eigenvalue weighted by Gasteiger charge is -2.28. The lowest BCUT2D eigenvalue weighted by atomic mass is 10.1. The molecule has 2 atom stereocenters. The molecular weight excluding hydrogens is 214 g/mol. The highest BCUT2D eigenvalue weighted by molar-refractivity contribution is 5.89. The van der Waals surface area contributed by atoms with Gasteiger partial charge in [-0.2, -0.15) is 0 Å². The summed E-state index contributed by atoms with van der Waals surface area (Å²) in [4.78, 5) is 13.8. The first-order valence-electron chi connectivity index (χ1n) is 6.10. The first kappa shape index (κ1) is 12.0. The van der Waals surface area contributed by atoms with Crippen molar-refractivity contribution in [1.29, 1.82) is 0 Å². The minimum atomic E-state index is -0.279. The predicted molar refractivity (Wildman–Crippen MR) is 68.4 cm³/mol. The van der Waals surface area contributed by atoms with Crippen LogP contribution >= 0.6 is 0 Å². The second-order valence-corrected chi connectivity index (χ2v) is 4.72. The molecule has 3 heteroatoms. The molecule has 2 rings (SSSR count). The van der Waals surface area contributed by atoms with E-state index in [1.165, 1.54) is 25.6 Å². The topological polar surface area (TPSA) is 29.5 Å². The second kappa shape index (κ2) is 4.78. The van der Waals surface area contributed by atoms with Gasteiger partial charge in [0, 0.05) is 17.8 Å². The van der Waals surface area contributed by atoms with Gasteiger partial charge in [0.15, 0.2) is 0 Å². The minimum absolute atomic E-state index is 0.279. The van der Waals surface area contributed by atoms with E-state index >= 15 is 0 Å². The molecule has 92 valence electrons. The lowest BCUT2D eigenvalue weighted by molar-refractivity contribution is 0.0601. The maximum absolute atomic E-state index is 11.3. The average molecular weight is 233 g/mol. The van der Waals surface area contributed by atoms with Crippen LogP contribution in [-0.4, -0.2) is 25.2 Å². The maximum Gasteiger partial charge on any atom is 0.337 e. The monoisotopic (exact) mass is 233 g/mol. The summed E-state index contributed by atoms with van der Waals surface area (Å²) in [7, 11) is 1.40. The highest BCUT2D eigenvalue weighted by atomic mass is 16.5. The van der Waals surface area contributed by atoms with E-state index < -0.39 is 0 Å². The molecule has 2 unspecified atom stereocenters. The van der Waals surface area contributed by atoms with Gasteiger partial charge < -0.3 is 9.64 Å². The quantitative estimate of drug-likeness (QED) is 0.736. The number of methoxy groups -OCH3 is 1. The van der Waals surface area contributed by atoms with Crippen LogP contribution in [0.4, 0.5) is 5.69 Å². The van der Waals surface area contributed by atoms with Crippen molar-refractivity contribution in [2.24, 2.45) is 0 Å². The molecular formula is C14H19NO2. The molecule has 0 bridgehead atoms. The lowest BCUT2D eigenvalue weighted by Crippen LogP contribution is -2.32. The fourth-order valence-electron chi connectivity index (χ4n) is 2.59. The van der Waals surface area contributed by atoms with Gasteiger partial charge in [-0.15, -0.1) is 0 Å². The van der Waals surface area contributed by atoms with E-state index in [2.05, 4.69) is 18.7 Å². The van der Waals surface area contributed by atoms with E-state index in [-0.39, 0.29) is 5.97 Å². The number of rotatable bonds is 2. The smallest absolute Gasteiger partial charge is 0.337 e. The molecule has 0 aliphatic carbocycles. The van der Waals surface area contributed by atoms with Gasteiger partial charge in [0.05, 0.1) is 12.7 Å². The fraction of sp³-hybridized carbons (Fsp3) is 0.500. The van der Waals surface area contributed by atoms with Crippen LogP contribution in [0, 0.1) is 0 Å². The van der Waals surface area contributed by atoms with Crippen LogP contribution < -0.4 is 4.90 Å². The zero-order valence-electron chi connectivity index (χ0n) is 10.6. The summed E-state index contributed by atoms with van der Waals surface area (Å²) in [6.07, 6.45) is 2.47. The average Bonchev–Trinajstić information content (AvgIpc) is 2.68. The molecule has 1 aliphatic heterocycles. The summed E-state index contributed by atoms with van der Waals surface area (Å²) < 4.78 is 4.69. The van der Waals surface area contributed by atoms with Crippen molar-refractivity contribution in [2.45, 2.75) is 38.8 Å². The number of nitrogens with zero attached hydrogens (tertiary/aromatic N) is 1. The van der Waals surface area contributed by atoms with Crippen molar-refractivity contribution < 1.29 is 9.53 Å². The molecule has 1 heterocycles. The highest BCUT2D eigenvalue weighted by Crippen LogP contribution is 2.30. The van der Waals surface area contributed by atoms with Crippen molar-refractivity contribution in [3.63, 3.8) is 0 Å². The fourth-order valence-corrected chi connectivity index (χ4v) is 2.59. The van der Waals surface area contributed by atoms with E-state index in [4.69, 9.17) is 4.74 Å². The van der Waals surface area contributed by atoms with Crippen molar-refractivity contribution in [2.75, 3.05) is 12.0 Å². The summed E-state index contributed by atoms with van der Waals surface area (Å²) in [5, 5.41) is 0. The number of anilines is 1. The van der Waals surface area contributed by atoms with Gasteiger partial charge in [-0.3, -0.25) is 0 Å². The molecule has 1 aromatic carbocycles. The van der Waals surface area contributed by atoms with Gasteiger partial charge in [0.1, 0.15) is 0 Å². The highest BCUT2D eigenvalue weighted by Gasteiger charge is 2.27. The van der Waals surface area contributed by atoms with E-state index in [9.17, 15) is 4.79 Å². The van der Waals surface area contributed by atoms with E-state index in [0.717, 1.165) is 0 Å². The van der Waals surface area contributed by atoms with Crippen LogP contribution in [-0.2, 0) is 4.74 Å². The standard InChI is InChI=1S/C14H19NO2/c1-10-4-5-11(2)15(10)13-8-6-12(7-9-13)14(16)17-3/h6-11H,4-5H2,1-3H3. The minimum Gasteiger partial charge on any atom is -0.465 e. The normalized spacial score (nSPS) is 23.8. The Balaban J connectivity index is 2.20. The summed E-state index contributed by atoms with van der Waals surface area (Å²) in [6, 6.07) is 8.83. The Hall–Kier alpha value is -1.51. The molecule has 0 saturated carbocycles. The molecule has 0 spiro atoms. The third kappa shape index (κ3) is 2.28. The SMILES string of the molecule is COC(=O)c1ccc(N2C(C)CCC2C)cc1. The predicted octanol–water partition coefficient (Wildman–Crippen LogP) is 2.85. The van der Waals surface area contributed by atoms with Crippen molar-refractivity contribution in [3.8, 4) is 0 Å². The van der Waals surface area contributed by atoms with Gasteiger partial charge in [-0.05, 0) is 51.0 Å². The van der Waals surface area contributed by atoms with Gasteiger partial charge >= 0.3 is 5.97 Å². The maximum atomic E-state index is 11.3. The summed E-state index contributed by atoms with van der Waals surface area (Å²) in [5.74, 6) is -0.279. The molecule has 1 fully saturated rings. The molecule has 1 aromatic rings. The Kier molecular flexibility index (Phi) is 3.36. The Morgan fingerprint density at radius 2 is 1.71 bits per heavy atom. The first-order valence-corrected chi connectivity index (χ1v) is 6.10. The number of hydrogen-bond donors (Lipinski definition) is 0. The van der Waals surface area contributed by atoms with E-state index in [1.54, 1.807) is 0 Å². The molecule has 1 aliphatic rings. The Labute approximate surface area is 102 Å². The molecule has 0 aromatic heterocycles. The zero-order valence-corrected chi connectivity index (χ0v) is 10.6. The number of esters is 1. The van der Waals surface area contributed by atoms with Crippen LogP contribution in [0.2, 0.25) is 0 Å². The van der Waals surface area contributed by atoms with Gasteiger partial charge in [-0.1, -0.05) is 0 Å². The molecule has 0 N–H and O–H groups in total. The Bertz CT molecular complexity index is 389. The Morgan fingerprint density at radius 3 is 2.18 bits per heavy atom. The number of benzene rings is 1. The molecule has 1 saturated heterocycles. The number of carbonyl (C=O) groups is 1. The first-order chi connectivity index (χ1) is 8.13. The van der Waals surface area contributed by atoms with Crippen molar-refractivity contribution in [1.82, 2.24) is 0 Å². The molecule has 0 radical (unpaired) electrons. The van der Waals surface area contributed by atoms with Gasteiger partial charge in [0.2, 0.25) is 0 Å². The van der Waals surface area contributed by atoms with Crippen LogP contribution in [0.25, 0.3) is 0 Å². The molecule has 3 nitrogen and oxygen atoms in total. The summed E-state index contributed by atoms with van der Waals surface area (Å²) >= 11 is 0. The van der Waals surface area contributed by atoms with Gasteiger partial charge in [0.25, 0.3) is 0 Å². The number of carbonyl (C=O) groups excluding carboxylic acids is 1. The van der Waals surface area contributed by atoms with Crippen LogP contribution in [0.5, 0.6) is 0 Å². The third-order valence-corrected chi connectivity index (χ3v) is 3.54. The third-order valence-electron chi connectivity index (χ3n) is 3.54. The number of hydrogen-bond acceptors (Lipinski definition) is 3. The van der Waals surface area contributed by atoms with Crippen LogP contribution in [0.3, 0.4) is 0 Å². The van der Waals surface area contributed by atoms with Gasteiger partial charge in [-0.25, -0.2) is 4.79 Å². The zero-order chi connectivity index (χ0) is 12.4. The van der Waals surface area contributed by atoms with E-state index in [1.807, 2.05) is 24.3 Å².